The molecule has 0 saturated carbocycles. The Labute approximate surface area is 158 Å². The number of hydrogen-bond donors (Lipinski definition) is 1. The fourth-order valence-corrected chi connectivity index (χ4v) is 3.09. The maximum Gasteiger partial charge on any atom is 0.228 e. The van der Waals surface area contributed by atoms with E-state index in [1.165, 1.54) is 0 Å². The highest BCUT2D eigenvalue weighted by Gasteiger charge is 2.13. The first-order chi connectivity index (χ1) is 12.7. The van der Waals surface area contributed by atoms with Crippen LogP contribution in [0, 0.1) is 0 Å². The molecular weight excluding hydrogens is 348 g/mol. The summed E-state index contributed by atoms with van der Waals surface area (Å²) in [5, 5.41) is 4.43. The molecule has 3 aromatic rings. The van der Waals surface area contributed by atoms with E-state index >= 15 is 0 Å². The third kappa shape index (κ3) is 4.38. The van der Waals surface area contributed by atoms with Crippen LogP contribution in [0.1, 0.15) is 31.7 Å². The number of unbranched alkanes of at least 4 members (excludes halogenated alkanes) is 2. The van der Waals surface area contributed by atoms with Gasteiger partial charge in [-0.1, -0.05) is 61.7 Å². The summed E-state index contributed by atoms with van der Waals surface area (Å²) in [5.41, 5.74) is 2.53. The van der Waals surface area contributed by atoms with E-state index in [4.69, 9.17) is 16.4 Å². The van der Waals surface area contributed by atoms with Crippen molar-refractivity contribution in [2.24, 2.45) is 0 Å². The Morgan fingerprint density at radius 1 is 1.12 bits per heavy atom. The highest BCUT2D eigenvalue weighted by atomic mass is 35.5. The van der Waals surface area contributed by atoms with Crippen molar-refractivity contribution in [1.29, 1.82) is 0 Å². The predicted molar refractivity (Wildman–Crippen MR) is 107 cm³/mol. The highest BCUT2D eigenvalue weighted by molar-refractivity contribution is 6.33. The minimum absolute atomic E-state index is 0.105. The van der Waals surface area contributed by atoms with E-state index in [2.05, 4.69) is 12.2 Å². The second-order valence-electron chi connectivity index (χ2n) is 6.24. The quantitative estimate of drug-likeness (QED) is 0.561. The fraction of sp³-hybridized carbons (Fsp3) is 0.286. The number of aromatic nitrogens is 1. The van der Waals surface area contributed by atoms with Crippen LogP contribution in [0.2, 0.25) is 5.02 Å². The van der Waals surface area contributed by atoms with Gasteiger partial charge in [0.05, 0.1) is 22.6 Å². The molecule has 26 heavy (non-hydrogen) atoms. The third-order valence-corrected chi connectivity index (χ3v) is 4.57. The first kappa shape index (κ1) is 18.3. The van der Waals surface area contributed by atoms with Gasteiger partial charge >= 0.3 is 0 Å². The standard InChI is InChI=1S/C21H23ClN2O2/c1-2-3-8-13-26-24-15-16(17-9-4-7-12-20(17)24)14-21(25)23-19-11-6-5-10-18(19)22/h4-7,9-12,15H,2-3,8,13-14H2,1H3,(H,23,25). The Balaban J connectivity index is 1.75. The molecule has 2 aromatic carbocycles. The van der Waals surface area contributed by atoms with Crippen molar-refractivity contribution >= 4 is 34.1 Å². The SMILES string of the molecule is CCCCCOn1cc(CC(=O)Nc2ccccc2Cl)c2ccccc21. The second kappa shape index (κ2) is 8.77. The fourth-order valence-electron chi connectivity index (χ4n) is 2.91. The summed E-state index contributed by atoms with van der Waals surface area (Å²) in [7, 11) is 0. The van der Waals surface area contributed by atoms with Crippen LogP contribution in [0.25, 0.3) is 10.9 Å². The summed E-state index contributed by atoms with van der Waals surface area (Å²) in [6.07, 6.45) is 5.49. The maximum atomic E-state index is 12.5. The van der Waals surface area contributed by atoms with Crippen LogP contribution < -0.4 is 10.2 Å². The summed E-state index contributed by atoms with van der Waals surface area (Å²) in [6, 6.07) is 15.2. The van der Waals surface area contributed by atoms with Gasteiger partial charge in [0.25, 0.3) is 0 Å². The summed E-state index contributed by atoms with van der Waals surface area (Å²) >= 11 is 6.11. The first-order valence-corrected chi connectivity index (χ1v) is 9.33. The number of hydrogen-bond acceptors (Lipinski definition) is 2. The van der Waals surface area contributed by atoms with E-state index in [0.717, 1.165) is 35.7 Å². The van der Waals surface area contributed by atoms with Crippen LogP contribution in [0.4, 0.5) is 5.69 Å². The molecule has 0 spiro atoms. The molecule has 0 radical (unpaired) electrons. The Kier molecular flexibility index (Phi) is 6.18. The molecule has 0 bridgehead atoms. The van der Waals surface area contributed by atoms with Crippen LogP contribution in [0.3, 0.4) is 0 Å². The molecule has 0 saturated heterocycles. The number of para-hydroxylation sites is 2. The van der Waals surface area contributed by atoms with Crippen LogP contribution in [-0.2, 0) is 11.2 Å². The topological polar surface area (TPSA) is 43.3 Å². The normalized spacial score (nSPS) is 10.8. The molecule has 1 N–H and O–H groups in total. The molecule has 1 heterocycles. The van der Waals surface area contributed by atoms with Gasteiger partial charge in [0.15, 0.2) is 0 Å². The lowest BCUT2D eigenvalue weighted by atomic mass is 10.1. The summed E-state index contributed by atoms with van der Waals surface area (Å²) in [4.78, 5) is 18.4. The summed E-state index contributed by atoms with van der Waals surface area (Å²) in [6.45, 7) is 2.83. The Bertz CT molecular complexity index is 889. The van der Waals surface area contributed by atoms with Crippen molar-refractivity contribution in [1.82, 2.24) is 4.73 Å². The molecule has 1 aromatic heterocycles. The molecule has 4 nitrogen and oxygen atoms in total. The van der Waals surface area contributed by atoms with E-state index in [9.17, 15) is 4.79 Å². The highest BCUT2D eigenvalue weighted by Crippen LogP contribution is 2.23. The average Bonchev–Trinajstić information content (AvgIpc) is 2.98. The van der Waals surface area contributed by atoms with Crippen LogP contribution in [0.15, 0.2) is 54.7 Å². The largest absolute Gasteiger partial charge is 0.414 e. The van der Waals surface area contributed by atoms with Gasteiger partial charge in [-0.3, -0.25) is 4.79 Å². The van der Waals surface area contributed by atoms with E-state index < -0.39 is 0 Å². The monoisotopic (exact) mass is 370 g/mol. The van der Waals surface area contributed by atoms with E-state index in [1.54, 1.807) is 16.9 Å². The zero-order valence-corrected chi connectivity index (χ0v) is 15.6. The molecule has 1 amide bonds. The van der Waals surface area contributed by atoms with Crippen molar-refractivity contribution in [3.05, 3.63) is 65.3 Å². The number of benzene rings is 2. The van der Waals surface area contributed by atoms with Gasteiger partial charge in [-0.25, -0.2) is 0 Å². The third-order valence-electron chi connectivity index (χ3n) is 4.24. The van der Waals surface area contributed by atoms with Gasteiger partial charge in [-0.2, -0.15) is 4.73 Å². The molecule has 0 atom stereocenters. The molecule has 0 fully saturated rings. The molecule has 136 valence electrons. The molecular formula is C21H23ClN2O2. The molecule has 0 unspecified atom stereocenters. The lowest BCUT2D eigenvalue weighted by Crippen LogP contribution is -2.15. The van der Waals surface area contributed by atoms with E-state index in [0.29, 0.717) is 17.3 Å². The van der Waals surface area contributed by atoms with Crippen molar-refractivity contribution in [2.45, 2.75) is 32.6 Å². The maximum absolute atomic E-state index is 12.5. The minimum atomic E-state index is -0.105. The lowest BCUT2D eigenvalue weighted by Gasteiger charge is -2.07. The molecule has 3 rings (SSSR count). The summed E-state index contributed by atoms with van der Waals surface area (Å²) < 4.78 is 1.78. The molecule has 0 aliphatic carbocycles. The minimum Gasteiger partial charge on any atom is -0.414 e. The lowest BCUT2D eigenvalue weighted by molar-refractivity contribution is -0.115. The Morgan fingerprint density at radius 2 is 1.88 bits per heavy atom. The van der Waals surface area contributed by atoms with Crippen molar-refractivity contribution in [3.8, 4) is 0 Å². The molecule has 0 aliphatic rings. The van der Waals surface area contributed by atoms with Crippen LogP contribution in [0.5, 0.6) is 0 Å². The van der Waals surface area contributed by atoms with Gasteiger partial charge in [0.2, 0.25) is 5.91 Å². The number of halogens is 1. The van der Waals surface area contributed by atoms with Crippen molar-refractivity contribution in [2.75, 3.05) is 11.9 Å². The Morgan fingerprint density at radius 3 is 2.69 bits per heavy atom. The molecule has 0 aliphatic heterocycles. The number of fused-ring (bicyclic) bond motifs is 1. The number of nitrogens with zero attached hydrogens (tertiary/aromatic N) is 1. The van der Waals surface area contributed by atoms with E-state index in [1.807, 2.05) is 42.6 Å². The van der Waals surface area contributed by atoms with Crippen molar-refractivity contribution < 1.29 is 9.63 Å². The van der Waals surface area contributed by atoms with Crippen LogP contribution in [-0.4, -0.2) is 17.2 Å². The average molecular weight is 371 g/mol. The predicted octanol–water partition coefficient (Wildman–Crippen LogP) is 5.09. The number of nitrogens with one attached hydrogen (secondary N) is 1. The first-order valence-electron chi connectivity index (χ1n) is 8.95. The number of anilines is 1. The second-order valence-corrected chi connectivity index (χ2v) is 6.65. The number of rotatable bonds is 8. The zero-order valence-electron chi connectivity index (χ0n) is 14.9. The van der Waals surface area contributed by atoms with Crippen molar-refractivity contribution in [3.63, 3.8) is 0 Å². The van der Waals surface area contributed by atoms with Gasteiger partial charge in [-0.15, -0.1) is 0 Å². The smallest absolute Gasteiger partial charge is 0.228 e. The van der Waals surface area contributed by atoms with Gasteiger partial charge < -0.3 is 10.2 Å². The number of carbonyl (C=O) groups is 1. The number of carbonyl (C=O) groups excluding carboxylic acids is 1. The van der Waals surface area contributed by atoms with Gasteiger partial charge in [-0.05, 0) is 30.2 Å². The molecule has 5 heteroatoms. The van der Waals surface area contributed by atoms with Gasteiger partial charge in [0.1, 0.15) is 6.61 Å². The van der Waals surface area contributed by atoms with Crippen LogP contribution >= 0.6 is 11.6 Å². The van der Waals surface area contributed by atoms with E-state index in [-0.39, 0.29) is 12.3 Å². The Hall–Kier alpha value is -2.46. The zero-order chi connectivity index (χ0) is 18.4. The van der Waals surface area contributed by atoms with Gasteiger partial charge in [0, 0.05) is 11.6 Å². The summed E-state index contributed by atoms with van der Waals surface area (Å²) in [5.74, 6) is -0.105. The number of amides is 1.